The van der Waals surface area contributed by atoms with Crippen LogP contribution in [-0.2, 0) is 11.3 Å². The van der Waals surface area contributed by atoms with E-state index < -0.39 is 17.9 Å². The van der Waals surface area contributed by atoms with Crippen molar-refractivity contribution in [3.8, 4) is 5.75 Å². The highest BCUT2D eigenvalue weighted by molar-refractivity contribution is 5.99. The van der Waals surface area contributed by atoms with Gasteiger partial charge < -0.3 is 19.7 Å². The van der Waals surface area contributed by atoms with Crippen molar-refractivity contribution >= 4 is 22.8 Å². The fourth-order valence-electron chi connectivity index (χ4n) is 4.76. The number of hydrogen-bond acceptors (Lipinski definition) is 3. The number of amides is 1. The first kappa shape index (κ1) is 27.9. The largest absolute Gasteiger partial charge is 0.479 e. The third-order valence-electron chi connectivity index (χ3n) is 7.26. The second-order valence-electron chi connectivity index (χ2n) is 10.4. The number of ether oxygens (including phenoxy) is 1. The number of carboxylic acids is 1. The Morgan fingerprint density at radius 1 is 0.974 bits per heavy atom. The van der Waals surface area contributed by atoms with Crippen LogP contribution in [0.2, 0.25) is 0 Å². The van der Waals surface area contributed by atoms with Gasteiger partial charge in [0, 0.05) is 34.8 Å². The van der Waals surface area contributed by atoms with Crippen molar-refractivity contribution in [3.05, 3.63) is 100.0 Å². The summed E-state index contributed by atoms with van der Waals surface area (Å²) in [6, 6.07) is 18.0. The predicted molar refractivity (Wildman–Crippen MR) is 151 cm³/mol. The lowest BCUT2D eigenvalue weighted by atomic mass is 9.98. The van der Waals surface area contributed by atoms with Gasteiger partial charge in [-0.25, -0.2) is 9.18 Å². The SMILES string of the molecule is Cc1c(C)n(Cc2cc(F)cc(OC(C)C(=O)O)c2)c2ccc(C(=O)N[C@@H](C)c3cccc(C(C)C)c3)cc12. The van der Waals surface area contributed by atoms with Crippen LogP contribution in [0, 0.1) is 19.7 Å². The molecule has 0 bridgehead atoms. The summed E-state index contributed by atoms with van der Waals surface area (Å²) in [5.74, 6) is -1.20. The molecule has 4 aromatic rings. The summed E-state index contributed by atoms with van der Waals surface area (Å²) in [6.45, 7) is 12.0. The van der Waals surface area contributed by atoms with Gasteiger partial charge in [-0.3, -0.25) is 4.79 Å². The summed E-state index contributed by atoms with van der Waals surface area (Å²) >= 11 is 0. The van der Waals surface area contributed by atoms with E-state index in [-0.39, 0.29) is 17.7 Å². The fourth-order valence-corrected chi connectivity index (χ4v) is 4.76. The first-order chi connectivity index (χ1) is 18.4. The van der Waals surface area contributed by atoms with Crippen LogP contribution in [0.5, 0.6) is 5.75 Å². The summed E-state index contributed by atoms with van der Waals surface area (Å²) in [5.41, 5.74) is 6.45. The van der Waals surface area contributed by atoms with Crippen molar-refractivity contribution in [2.45, 2.75) is 66.2 Å². The maximum atomic E-state index is 14.4. The molecule has 4 rings (SSSR count). The maximum Gasteiger partial charge on any atom is 0.344 e. The molecular formula is C32H35FN2O4. The molecule has 2 atom stereocenters. The second kappa shape index (κ2) is 11.3. The van der Waals surface area contributed by atoms with Gasteiger partial charge in [-0.05, 0) is 86.2 Å². The van der Waals surface area contributed by atoms with Crippen molar-refractivity contribution in [1.82, 2.24) is 9.88 Å². The number of carbonyl (C=O) groups is 2. The van der Waals surface area contributed by atoms with Crippen molar-refractivity contribution in [3.63, 3.8) is 0 Å². The number of rotatable bonds is 9. The Balaban J connectivity index is 1.58. The number of halogens is 1. The Bertz CT molecular complexity index is 1540. The van der Waals surface area contributed by atoms with Gasteiger partial charge in [0.05, 0.1) is 6.04 Å². The Hall–Kier alpha value is -4.13. The van der Waals surface area contributed by atoms with Crippen LogP contribution < -0.4 is 10.1 Å². The van der Waals surface area contributed by atoms with Crippen LogP contribution in [0.4, 0.5) is 4.39 Å². The second-order valence-corrected chi connectivity index (χ2v) is 10.4. The van der Waals surface area contributed by atoms with Crippen molar-refractivity contribution in [2.24, 2.45) is 0 Å². The lowest BCUT2D eigenvalue weighted by molar-refractivity contribution is -0.144. The van der Waals surface area contributed by atoms with Crippen molar-refractivity contribution < 1.29 is 23.8 Å². The number of aliphatic carboxylic acids is 1. The number of carbonyl (C=O) groups excluding carboxylic acids is 1. The third-order valence-corrected chi connectivity index (χ3v) is 7.26. The number of nitrogens with zero attached hydrogens (tertiary/aromatic N) is 1. The number of aromatic nitrogens is 1. The quantitative estimate of drug-likeness (QED) is 0.246. The van der Waals surface area contributed by atoms with Gasteiger partial charge in [-0.2, -0.15) is 0 Å². The smallest absolute Gasteiger partial charge is 0.344 e. The topological polar surface area (TPSA) is 80.6 Å². The molecule has 6 nitrogen and oxygen atoms in total. The van der Waals surface area contributed by atoms with Gasteiger partial charge in [-0.1, -0.05) is 38.1 Å². The normalized spacial score (nSPS) is 12.9. The van der Waals surface area contributed by atoms with E-state index in [9.17, 15) is 14.0 Å². The van der Waals surface area contributed by atoms with Gasteiger partial charge in [0.15, 0.2) is 6.10 Å². The first-order valence-corrected chi connectivity index (χ1v) is 13.1. The molecule has 2 N–H and O–H groups in total. The van der Waals surface area contributed by atoms with E-state index in [1.165, 1.54) is 24.6 Å². The molecule has 0 fully saturated rings. The van der Waals surface area contributed by atoms with Crippen LogP contribution in [0.25, 0.3) is 10.9 Å². The predicted octanol–water partition coefficient (Wildman–Crippen LogP) is 6.91. The Morgan fingerprint density at radius 2 is 1.69 bits per heavy atom. The molecule has 3 aromatic carbocycles. The summed E-state index contributed by atoms with van der Waals surface area (Å²) in [7, 11) is 0. The number of aryl methyl sites for hydroxylation is 1. The molecule has 1 heterocycles. The number of nitrogens with one attached hydrogen (secondary N) is 1. The van der Waals surface area contributed by atoms with E-state index in [1.54, 1.807) is 12.1 Å². The highest BCUT2D eigenvalue weighted by atomic mass is 19.1. The monoisotopic (exact) mass is 530 g/mol. The highest BCUT2D eigenvalue weighted by Crippen LogP contribution is 2.29. The zero-order chi connectivity index (χ0) is 28.4. The lowest BCUT2D eigenvalue weighted by Crippen LogP contribution is -2.26. The van der Waals surface area contributed by atoms with E-state index in [1.807, 2.05) is 45.0 Å². The molecule has 1 aromatic heterocycles. The van der Waals surface area contributed by atoms with Crippen molar-refractivity contribution in [1.29, 1.82) is 0 Å². The van der Waals surface area contributed by atoms with Gasteiger partial charge in [0.1, 0.15) is 11.6 Å². The summed E-state index contributed by atoms with van der Waals surface area (Å²) in [5, 5.41) is 13.2. The Kier molecular flexibility index (Phi) is 8.09. The number of fused-ring (bicyclic) bond motifs is 1. The molecule has 0 aliphatic heterocycles. The summed E-state index contributed by atoms with van der Waals surface area (Å²) in [6.07, 6.45) is -1.09. The van der Waals surface area contributed by atoms with Crippen LogP contribution in [0.15, 0.2) is 60.7 Å². The summed E-state index contributed by atoms with van der Waals surface area (Å²) < 4.78 is 21.8. The third kappa shape index (κ3) is 6.14. The maximum absolute atomic E-state index is 14.4. The molecule has 1 amide bonds. The molecule has 0 spiro atoms. The minimum Gasteiger partial charge on any atom is -0.479 e. The molecule has 0 saturated heterocycles. The molecular weight excluding hydrogens is 495 g/mol. The van der Waals surface area contributed by atoms with Gasteiger partial charge in [-0.15, -0.1) is 0 Å². The van der Waals surface area contributed by atoms with Crippen LogP contribution in [0.1, 0.15) is 78.0 Å². The Morgan fingerprint density at radius 3 is 2.38 bits per heavy atom. The van der Waals surface area contributed by atoms with Crippen LogP contribution in [0.3, 0.4) is 0 Å². The van der Waals surface area contributed by atoms with Gasteiger partial charge in [0.25, 0.3) is 5.91 Å². The Labute approximate surface area is 228 Å². The molecule has 0 saturated carbocycles. The molecule has 39 heavy (non-hydrogen) atoms. The standard InChI is InChI=1S/C32H35FN2O4/c1-18(2)24-8-7-9-25(14-24)20(4)34-31(36)26-10-11-30-29(15-26)19(3)21(5)35(30)17-23-12-27(33)16-28(13-23)39-22(6)32(37)38/h7-16,18,20,22H,17H2,1-6H3,(H,34,36)(H,37,38)/t20-,22?/m0/s1. The molecule has 204 valence electrons. The minimum absolute atomic E-state index is 0.146. The van der Waals surface area contributed by atoms with Gasteiger partial charge >= 0.3 is 5.97 Å². The van der Waals surface area contributed by atoms with E-state index in [0.717, 1.165) is 27.7 Å². The zero-order valence-electron chi connectivity index (χ0n) is 23.2. The lowest BCUT2D eigenvalue weighted by Gasteiger charge is -2.17. The van der Waals surface area contributed by atoms with Gasteiger partial charge in [0.2, 0.25) is 0 Å². The molecule has 0 aliphatic carbocycles. The molecule has 7 heteroatoms. The van der Waals surface area contributed by atoms with E-state index in [4.69, 9.17) is 9.84 Å². The number of hydrogen-bond donors (Lipinski definition) is 2. The molecule has 0 aliphatic rings. The molecule has 1 unspecified atom stereocenters. The summed E-state index contributed by atoms with van der Waals surface area (Å²) in [4.78, 5) is 24.3. The van der Waals surface area contributed by atoms with E-state index in [2.05, 4.69) is 35.9 Å². The highest BCUT2D eigenvalue weighted by Gasteiger charge is 2.18. The minimum atomic E-state index is -1.12. The average molecular weight is 531 g/mol. The molecule has 0 radical (unpaired) electrons. The fraction of sp³-hybridized carbons (Fsp3) is 0.312. The van der Waals surface area contributed by atoms with E-state index in [0.29, 0.717) is 23.6 Å². The van der Waals surface area contributed by atoms with E-state index >= 15 is 0 Å². The van der Waals surface area contributed by atoms with Crippen LogP contribution >= 0.6 is 0 Å². The average Bonchev–Trinajstić information content (AvgIpc) is 3.12. The zero-order valence-corrected chi connectivity index (χ0v) is 23.2. The van der Waals surface area contributed by atoms with Crippen LogP contribution in [-0.4, -0.2) is 27.7 Å². The number of benzene rings is 3. The van der Waals surface area contributed by atoms with Crippen molar-refractivity contribution in [2.75, 3.05) is 0 Å². The number of carboxylic acid groups (broad SMARTS) is 1. The first-order valence-electron chi connectivity index (χ1n) is 13.1.